The van der Waals surface area contributed by atoms with Gasteiger partial charge >= 0.3 is 0 Å². The number of rotatable bonds is 4. The summed E-state index contributed by atoms with van der Waals surface area (Å²) in [5, 5.41) is 5.04. The van der Waals surface area contributed by atoms with Gasteiger partial charge in [-0.1, -0.05) is 12.1 Å². The van der Waals surface area contributed by atoms with Crippen LogP contribution in [-0.2, 0) is 22.9 Å². The van der Waals surface area contributed by atoms with E-state index in [2.05, 4.69) is 10.9 Å². The van der Waals surface area contributed by atoms with Gasteiger partial charge in [-0.3, -0.25) is 15.6 Å². The average molecular weight is 367 g/mol. The molecule has 0 atom stereocenters. The van der Waals surface area contributed by atoms with Crippen molar-refractivity contribution in [2.75, 3.05) is 5.43 Å². The van der Waals surface area contributed by atoms with E-state index >= 15 is 0 Å². The second kappa shape index (κ2) is 6.08. The van der Waals surface area contributed by atoms with Gasteiger partial charge in [0.25, 0.3) is 11.8 Å². The van der Waals surface area contributed by atoms with Gasteiger partial charge in [0, 0.05) is 18.4 Å². The number of primary sulfonamides is 1. The van der Waals surface area contributed by atoms with Crippen LogP contribution in [0.1, 0.15) is 21.5 Å². The van der Waals surface area contributed by atoms with Crippen molar-refractivity contribution >= 4 is 21.6 Å². The standard InChI is InChI=1S/C16H15F2N3O3S/c17-16(18)8-11-5-4-10(6-12(11)9-16)15(22)21-20-13-2-1-3-14(7-13)25(19,23)24/h1-7,20H,8-9H2,(H,21,22)(H2,19,23,24). The average Bonchev–Trinajstić information content (AvgIpc) is 2.84. The quantitative estimate of drug-likeness (QED) is 0.718. The highest BCUT2D eigenvalue weighted by Gasteiger charge is 2.37. The van der Waals surface area contributed by atoms with Crippen LogP contribution in [0.5, 0.6) is 0 Å². The first-order chi connectivity index (χ1) is 11.6. The van der Waals surface area contributed by atoms with Crippen LogP contribution in [-0.4, -0.2) is 20.2 Å². The van der Waals surface area contributed by atoms with Crippen molar-refractivity contribution in [1.82, 2.24) is 5.43 Å². The molecule has 132 valence electrons. The maximum atomic E-state index is 13.4. The molecule has 2 aromatic carbocycles. The zero-order valence-corrected chi connectivity index (χ0v) is 13.7. The summed E-state index contributed by atoms with van der Waals surface area (Å²) in [6.07, 6.45) is -0.698. The van der Waals surface area contributed by atoms with Crippen LogP contribution in [0.2, 0.25) is 0 Å². The number of hydrogen-bond donors (Lipinski definition) is 3. The van der Waals surface area contributed by atoms with Gasteiger partial charge in [0.15, 0.2) is 0 Å². The molecule has 4 N–H and O–H groups in total. The van der Waals surface area contributed by atoms with E-state index in [0.717, 1.165) is 0 Å². The van der Waals surface area contributed by atoms with Crippen molar-refractivity contribution in [3.63, 3.8) is 0 Å². The number of alkyl halides is 2. The van der Waals surface area contributed by atoms with Gasteiger partial charge in [0.2, 0.25) is 10.0 Å². The summed E-state index contributed by atoms with van der Waals surface area (Å²) in [6, 6.07) is 10.0. The van der Waals surface area contributed by atoms with Crippen molar-refractivity contribution < 1.29 is 22.0 Å². The molecular weight excluding hydrogens is 352 g/mol. The van der Waals surface area contributed by atoms with E-state index in [-0.39, 0.29) is 23.3 Å². The second-order valence-corrected chi connectivity index (χ2v) is 7.41. The Labute approximate surface area is 143 Å². The zero-order chi connectivity index (χ0) is 18.2. The van der Waals surface area contributed by atoms with E-state index < -0.39 is 21.9 Å². The van der Waals surface area contributed by atoms with Crippen molar-refractivity contribution in [2.24, 2.45) is 5.14 Å². The molecule has 0 aliphatic heterocycles. The minimum atomic E-state index is -3.86. The Hall–Kier alpha value is -2.52. The van der Waals surface area contributed by atoms with Crippen LogP contribution in [0.15, 0.2) is 47.4 Å². The summed E-state index contributed by atoms with van der Waals surface area (Å²) in [7, 11) is -3.86. The van der Waals surface area contributed by atoms with Gasteiger partial charge in [0.05, 0.1) is 10.6 Å². The molecule has 0 radical (unpaired) electrons. The first-order valence-electron chi connectivity index (χ1n) is 7.33. The van der Waals surface area contributed by atoms with Crippen LogP contribution >= 0.6 is 0 Å². The number of carbonyl (C=O) groups is 1. The molecule has 0 aromatic heterocycles. The zero-order valence-electron chi connectivity index (χ0n) is 12.9. The number of nitrogens with one attached hydrogen (secondary N) is 2. The van der Waals surface area contributed by atoms with E-state index in [4.69, 9.17) is 5.14 Å². The molecule has 0 fully saturated rings. The molecule has 0 heterocycles. The minimum absolute atomic E-state index is 0.105. The van der Waals surface area contributed by atoms with E-state index in [0.29, 0.717) is 16.8 Å². The van der Waals surface area contributed by atoms with Crippen LogP contribution in [0.4, 0.5) is 14.5 Å². The number of benzene rings is 2. The molecule has 25 heavy (non-hydrogen) atoms. The smallest absolute Gasteiger partial charge is 0.269 e. The number of hydrogen-bond acceptors (Lipinski definition) is 4. The third kappa shape index (κ3) is 3.94. The number of fused-ring (bicyclic) bond motifs is 1. The first kappa shape index (κ1) is 17.3. The summed E-state index contributed by atoms with van der Waals surface area (Å²) < 4.78 is 49.4. The lowest BCUT2D eigenvalue weighted by Crippen LogP contribution is -2.29. The molecule has 1 aliphatic carbocycles. The van der Waals surface area contributed by atoms with E-state index in [1.807, 2.05) is 0 Å². The van der Waals surface area contributed by atoms with Gasteiger partial charge in [0.1, 0.15) is 0 Å². The topological polar surface area (TPSA) is 101 Å². The summed E-state index contributed by atoms with van der Waals surface area (Å²) in [5.41, 5.74) is 6.50. The number of hydrazine groups is 1. The fraction of sp³-hybridized carbons (Fsp3) is 0.188. The normalized spacial score (nSPS) is 15.5. The molecule has 1 amide bonds. The lowest BCUT2D eigenvalue weighted by atomic mass is 10.1. The van der Waals surface area contributed by atoms with Crippen LogP contribution in [0.3, 0.4) is 0 Å². The Kier molecular flexibility index (Phi) is 4.21. The molecule has 0 spiro atoms. The summed E-state index contributed by atoms with van der Waals surface area (Å²) in [6.45, 7) is 0. The highest BCUT2D eigenvalue weighted by Crippen LogP contribution is 2.34. The molecule has 2 aromatic rings. The largest absolute Gasteiger partial charge is 0.298 e. The SMILES string of the molecule is NS(=O)(=O)c1cccc(NNC(=O)c2ccc3c(c2)CC(F)(F)C3)c1. The predicted octanol–water partition coefficient (Wildman–Crippen LogP) is 1.82. The summed E-state index contributed by atoms with van der Waals surface area (Å²) in [4.78, 5) is 12.1. The number of halogens is 2. The van der Waals surface area contributed by atoms with Crippen molar-refractivity contribution in [1.29, 1.82) is 0 Å². The molecule has 1 aliphatic rings. The van der Waals surface area contributed by atoms with Gasteiger partial charge in [-0.2, -0.15) is 0 Å². The molecule has 6 nitrogen and oxygen atoms in total. The van der Waals surface area contributed by atoms with Crippen LogP contribution < -0.4 is 16.0 Å². The Bertz CT molecular complexity index is 945. The van der Waals surface area contributed by atoms with Crippen molar-refractivity contribution in [2.45, 2.75) is 23.7 Å². The second-order valence-electron chi connectivity index (χ2n) is 5.84. The number of nitrogens with two attached hydrogens (primary N) is 1. The number of carbonyl (C=O) groups excluding carboxylic acids is 1. The Morgan fingerprint density at radius 2 is 1.80 bits per heavy atom. The molecular formula is C16H15F2N3O3S. The fourth-order valence-corrected chi connectivity index (χ4v) is 3.24. The molecule has 9 heteroatoms. The predicted molar refractivity (Wildman–Crippen MR) is 87.7 cm³/mol. The van der Waals surface area contributed by atoms with Gasteiger partial charge in [-0.05, 0) is 41.5 Å². The number of amides is 1. The van der Waals surface area contributed by atoms with E-state index in [1.54, 1.807) is 0 Å². The summed E-state index contributed by atoms with van der Waals surface area (Å²) >= 11 is 0. The highest BCUT2D eigenvalue weighted by molar-refractivity contribution is 7.89. The van der Waals surface area contributed by atoms with Gasteiger partial charge < -0.3 is 0 Å². The van der Waals surface area contributed by atoms with Crippen molar-refractivity contribution in [3.05, 3.63) is 59.2 Å². The number of anilines is 1. The molecule has 3 rings (SSSR count). The Morgan fingerprint density at radius 1 is 1.08 bits per heavy atom. The van der Waals surface area contributed by atoms with Gasteiger partial charge in [-0.15, -0.1) is 0 Å². The Morgan fingerprint density at radius 3 is 2.52 bits per heavy atom. The number of sulfonamides is 1. The fourth-order valence-electron chi connectivity index (χ4n) is 2.68. The monoisotopic (exact) mass is 367 g/mol. The minimum Gasteiger partial charge on any atom is -0.298 e. The van der Waals surface area contributed by atoms with E-state index in [1.165, 1.54) is 42.5 Å². The maximum Gasteiger partial charge on any atom is 0.269 e. The van der Waals surface area contributed by atoms with Crippen molar-refractivity contribution in [3.8, 4) is 0 Å². The van der Waals surface area contributed by atoms with Crippen LogP contribution in [0, 0.1) is 0 Å². The van der Waals surface area contributed by atoms with E-state index in [9.17, 15) is 22.0 Å². The molecule has 0 bridgehead atoms. The van der Waals surface area contributed by atoms with Gasteiger partial charge in [-0.25, -0.2) is 22.3 Å². The van der Waals surface area contributed by atoms with Crippen LogP contribution in [0.25, 0.3) is 0 Å². The third-order valence-corrected chi connectivity index (χ3v) is 4.76. The third-order valence-electron chi connectivity index (χ3n) is 3.85. The first-order valence-corrected chi connectivity index (χ1v) is 8.88. The maximum absolute atomic E-state index is 13.4. The highest BCUT2D eigenvalue weighted by atomic mass is 32.2. The lowest BCUT2D eigenvalue weighted by molar-refractivity contribution is 0.0130. The Balaban J connectivity index is 1.70. The molecule has 0 saturated heterocycles. The lowest BCUT2D eigenvalue weighted by Gasteiger charge is -2.10. The molecule has 0 saturated carbocycles. The summed E-state index contributed by atoms with van der Waals surface area (Å²) in [5.74, 6) is -3.30. The molecule has 0 unspecified atom stereocenters.